The summed E-state index contributed by atoms with van der Waals surface area (Å²) in [5, 5.41) is 42.5. The molecule has 0 aliphatic carbocycles. The van der Waals surface area contributed by atoms with Gasteiger partial charge in [0.1, 0.15) is 18.3 Å². The molecule has 0 aromatic heterocycles. The molecule has 1 aliphatic heterocycles. The van der Waals surface area contributed by atoms with Gasteiger partial charge in [0.25, 0.3) is 0 Å². The maximum atomic E-state index is 10.6. The zero-order valence-electron chi connectivity index (χ0n) is 10.8. The van der Waals surface area contributed by atoms with Crippen LogP contribution >= 0.6 is 0 Å². The normalized spacial score (nSPS) is 33.7. The lowest BCUT2D eigenvalue weighted by Crippen LogP contribution is -2.58. The summed E-state index contributed by atoms with van der Waals surface area (Å²) in [5.41, 5.74) is 0.541. The number of carboxylic acid groups (broad SMARTS) is 1. The smallest absolute Gasteiger partial charge is 0.157 e. The van der Waals surface area contributed by atoms with E-state index in [1.54, 1.807) is 6.92 Å². The fraction of sp³-hybridized carbons (Fsp3) is 0.462. The lowest BCUT2D eigenvalue weighted by molar-refractivity contribution is -0.255. The molecule has 1 fully saturated rings. The number of hydrogen-bond donors (Lipinski definition) is 4. The summed E-state index contributed by atoms with van der Waals surface area (Å²) in [6, 6.07) is 5.68. The number of rotatable bonds is 3. The maximum absolute atomic E-state index is 10.6. The quantitative estimate of drug-likeness (QED) is 0.520. The maximum Gasteiger partial charge on any atom is 0.157 e. The number of carboxylic acids is 1. The Morgan fingerprint density at radius 3 is 2.30 bits per heavy atom. The molecule has 0 spiro atoms. The Kier molecular flexibility index (Phi) is 4.24. The lowest BCUT2D eigenvalue weighted by atomic mass is 9.99. The minimum absolute atomic E-state index is 0.0319. The minimum atomic E-state index is -1.32. The van der Waals surface area contributed by atoms with Crippen LogP contribution in [0.4, 0.5) is 5.69 Å². The molecule has 1 heterocycles. The number of anilines is 1. The van der Waals surface area contributed by atoms with Crippen LogP contribution in [-0.4, -0.2) is 51.9 Å². The molecule has 0 saturated carbocycles. The number of carbonyl (C=O) groups excluding carboxylic acids is 1. The molecule has 7 heteroatoms. The number of ether oxygens (including phenoxy) is 1. The molecule has 0 amide bonds. The van der Waals surface area contributed by atoms with Crippen molar-refractivity contribution in [3.63, 3.8) is 0 Å². The molecule has 1 aromatic rings. The first-order valence-corrected chi connectivity index (χ1v) is 6.17. The zero-order chi connectivity index (χ0) is 14.9. The van der Waals surface area contributed by atoms with Crippen LogP contribution in [0, 0.1) is 0 Å². The summed E-state index contributed by atoms with van der Waals surface area (Å²) >= 11 is 0. The van der Waals surface area contributed by atoms with Crippen molar-refractivity contribution in [1.29, 1.82) is 0 Å². The van der Waals surface area contributed by atoms with Crippen molar-refractivity contribution in [2.24, 2.45) is 0 Å². The number of aliphatic hydroxyl groups excluding tert-OH is 3. The molecule has 1 aromatic carbocycles. The Bertz CT molecular complexity index is 476. The predicted molar refractivity (Wildman–Crippen MR) is 66.8 cm³/mol. The molecule has 1 saturated heterocycles. The van der Waals surface area contributed by atoms with E-state index in [0.717, 1.165) is 0 Å². The highest BCUT2D eigenvalue weighted by molar-refractivity contribution is 5.86. The zero-order valence-corrected chi connectivity index (χ0v) is 10.8. The SMILES string of the molecule is C[C@@H]1O[C@@H](Nc2ccc(C(=O)[O-])cc2)[C@@H](O)[C@@H](O)[C@H]1O. The van der Waals surface area contributed by atoms with Crippen molar-refractivity contribution in [3.8, 4) is 0 Å². The molecular weight excluding hydrogens is 266 g/mol. The van der Waals surface area contributed by atoms with Crippen molar-refractivity contribution >= 4 is 11.7 Å². The van der Waals surface area contributed by atoms with E-state index in [1.165, 1.54) is 24.3 Å². The van der Waals surface area contributed by atoms with Crippen LogP contribution in [0.2, 0.25) is 0 Å². The van der Waals surface area contributed by atoms with Gasteiger partial charge in [-0.25, -0.2) is 0 Å². The molecule has 20 heavy (non-hydrogen) atoms. The molecule has 2 rings (SSSR count). The molecule has 110 valence electrons. The summed E-state index contributed by atoms with van der Waals surface area (Å²) in [6.45, 7) is 1.58. The van der Waals surface area contributed by atoms with E-state index in [1.807, 2.05) is 0 Å². The van der Waals surface area contributed by atoms with Gasteiger partial charge in [0.15, 0.2) is 6.23 Å². The number of hydrogen-bond acceptors (Lipinski definition) is 7. The predicted octanol–water partition coefficient (Wildman–Crippen LogP) is -1.71. The molecular formula is C13H16NO6-. The van der Waals surface area contributed by atoms with Crippen LogP contribution < -0.4 is 10.4 Å². The molecule has 1 aliphatic rings. The summed E-state index contributed by atoms with van der Waals surface area (Å²) in [4.78, 5) is 10.6. The number of nitrogens with one attached hydrogen (secondary N) is 1. The van der Waals surface area contributed by atoms with Crippen molar-refractivity contribution in [2.75, 3.05) is 5.32 Å². The van der Waals surface area contributed by atoms with Gasteiger partial charge in [0.05, 0.1) is 12.1 Å². The Hall–Kier alpha value is -1.67. The first-order chi connectivity index (χ1) is 9.40. The van der Waals surface area contributed by atoms with Crippen LogP contribution in [-0.2, 0) is 4.74 Å². The second kappa shape index (κ2) is 5.76. The fourth-order valence-corrected chi connectivity index (χ4v) is 2.04. The Balaban J connectivity index is 2.07. The highest BCUT2D eigenvalue weighted by Gasteiger charge is 2.41. The van der Waals surface area contributed by atoms with Crippen LogP contribution in [0.1, 0.15) is 17.3 Å². The second-order valence-electron chi connectivity index (χ2n) is 4.74. The lowest BCUT2D eigenvalue weighted by Gasteiger charge is -2.39. The highest BCUT2D eigenvalue weighted by atomic mass is 16.5. The van der Waals surface area contributed by atoms with Gasteiger partial charge in [0, 0.05) is 5.69 Å². The average molecular weight is 282 g/mol. The van der Waals surface area contributed by atoms with E-state index in [4.69, 9.17) is 4.74 Å². The van der Waals surface area contributed by atoms with Gasteiger partial charge in [0.2, 0.25) is 0 Å². The van der Waals surface area contributed by atoms with Crippen LogP contribution in [0.5, 0.6) is 0 Å². The summed E-state index contributed by atoms with van der Waals surface area (Å²) < 4.78 is 5.36. The number of aliphatic hydroxyl groups is 3. The number of carbonyl (C=O) groups is 1. The van der Waals surface area contributed by atoms with Gasteiger partial charge >= 0.3 is 0 Å². The largest absolute Gasteiger partial charge is 0.545 e. The Morgan fingerprint density at radius 2 is 1.75 bits per heavy atom. The van der Waals surface area contributed by atoms with Crippen molar-refractivity contribution in [2.45, 2.75) is 37.6 Å². The molecule has 0 unspecified atom stereocenters. The molecule has 5 atom stereocenters. The molecule has 0 bridgehead atoms. The van der Waals surface area contributed by atoms with E-state index in [0.29, 0.717) is 5.69 Å². The van der Waals surface area contributed by atoms with Crippen molar-refractivity contribution in [1.82, 2.24) is 0 Å². The van der Waals surface area contributed by atoms with E-state index >= 15 is 0 Å². The third-order valence-corrected chi connectivity index (χ3v) is 3.28. The third-order valence-electron chi connectivity index (χ3n) is 3.28. The first kappa shape index (κ1) is 14.7. The standard InChI is InChI=1S/C13H17NO6/c1-6-9(15)10(16)11(17)12(20-6)14-8-4-2-7(3-5-8)13(18)19/h2-6,9-12,14-17H,1H3,(H,18,19)/p-1/t6-,9-,10-,11-,12+/m0/s1. The van der Waals surface area contributed by atoms with E-state index < -0.39 is 36.6 Å². The van der Waals surface area contributed by atoms with Gasteiger partial charge in [-0.1, -0.05) is 12.1 Å². The van der Waals surface area contributed by atoms with E-state index in [-0.39, 0.29) is 5.56 Å². The first-order valence-electron chi connectivity index (χ1n) is 6.17. The summed E-state index contributed by atoms with van der Waals surface area (Å²) in [5.74, 6) is -1.28. The fourth-order valence-electron chi connectivity index (χ4n) is 2.04. The Labute approximate surface area is 115 Å². The number of aromatic carboxylic acids is 1. The van der Waals surface area contributed by atoms with Crippen LogP contribution in [0.25, 0.3) is 0 Å². The van der Waals surface area contributed by atoms with E-state index in [9.17, 15) is 25.2 Å². The van der Waals surface area contributed by atoms with Crippen LogP contribution in [0.3, 0.4) is 0 Å². The molecule has 4 N–H and O–H groups in total. The molecule has 7 nitrogen and oxygen atoms in total. The number of benzene rings is 1. The van der Waals surface area contributed by atoms with Gasteiger partial charge < -0.3 is 35.3 Å². The topological polar surface area (TPSA) is 122 Å². The van der Waals surface area contributed by atoms with Gasteiger partial charge in [-0.15, -0.1) is 0 Å². The summed E-state index contributed by atoms with van der Waals surface area (Å²) in [7, 11) is 0. The minimum Gasteiger partial charge on any atom is -0.545 e. The summed E-state index contributed by atoms with van der Waals surface area (Å²) in [6.07, 6.45) is -5.34. The van der Waals surface area contributed by atoms with Gasteiger partial charge in [-0.3, -0.25) is 0 Å². The van der Waals surface area contributed by atoms with Crippen LogP contribution in [0.15, 0.2) is 24.3 Å². The second-order valence-corrected chi connectivity index (χ2v) is 4.74. The highest BCUT2D eigenvalue weighted by Crippen LogP contribution is 2.22. The van der Waals surface area contributed by atoms with Crippen molar-refractivity contribution < 1.29 is 30.0 Å². The molecule has 0 radical (unpaired) electrons. The van der Waals surface area contributed by atoms with Gasteiger partial charge in [-0.05, 0) is 24.6 Å². The third kappa shape index (κ3) is 2.91. The van der Waals surface area contributed by atoms with Crippen molar-refractivity contribution in [3.05, 3.63) is 29.8 Å². The van der Waals surface area contributed by atoms with Gasteiger partial charge in [-0.2, -0.15) is 0 Å². The monoisotopic (exact) mass is 282 g/mol. The van der Waals surface area contributed by atoms with E-state index in [2.05, 4.69) is 5.32 Å². The Morgan fingerprint density at radius 1 is 1.15 bits per heavy atom. The average Bonchev–Trinajstić information content (AvgIpc) is 2.43.